The van der Waals surface area contributed by atoms with E-state index in [1.807, 2.05) is 42.5 Å². The van der Waals surface area contributed by atoms with Crippen LogP contribution < -0.4 is 0 Å². The zero-order valence-corrected chi connectivity index (χ0v) is 12.3. The fraction of sp³-hybridized carbons (Fsp3) is 0.125. The number of halogens is 1. The Hall–Kier alpha value is -1.78. The second kappa shape index (κ2) is 5.69. The first-order valence-electron chi connectivity index (χ1n) is 6.36. The van der Waals surface area contributed by atoms with Crippen molar-refractivity contribution in [3.8, 4) is 0 Å². The third-order valence-electron chi connectivity index (χ3n) is 3.21. The van der Waals surface area contributed by atoms with Gasteiger partial charge in [0.1, 0.15) is 0 Å². The summed E-state index contributed by atoms with van der Waals surface area (Å²) < 4.78 is 1.01. The van der Waals surface area contributed by atoms with Gasteiger partial charge in [0.2, 0.25) is 0 Å². The van der Waals surface area contributed by atoms with Crippen LogP contribution in [0.2, 0.25) is 0 Å². The Labute approximate surface area is 125 Å². The Morgan fingerprint density at radius 3 is 2.70 bits per heavy atom. The Bertz CT molecular complexity index is 740. The normalized spacial score (nSPS) is 12.5. The highest BCUT2D eigenvalue weighted by Crippen LogP contribution is 2.25. The van der Waals surface area contributed by atoms with Crippen LogP contribution in [0.3, 0.4) is 0 Å². The van der Waals surface area contributed by atoms with E-state index in [2.05, 4.69) is 25.9 Å². The summed E-state index contributed by atoms with van der Waals surface area (Å²) in [6.45, 7) is 0. The number of aliphatic hydroxyl groups excluding tert-OH is 1. The molecule has 2 aromatic carbocycles. The molecule has 0 amide bonds. The molecule has 3 rings (SSSR count). The van der Waals surface area contributed by atoms with Gasteiger partial charge < -0.3 is 5.11 Å². The van der Waals surface area contributed by atoms with Crippen molar-refractivity contribution in [2.45, 2.75) is 12.5 Å². The minimum Gasteiger partial charge on any atom is -0.388 e. The lowest BCUT2D eigenvalue weighted by Gasteiger charge is -2.13. The Morgan fingerprint density at radius 2 is 1.85 bits per heavy atom. The molecule has 4 heteroatoms. The molecule has 1 atom stereocenters. The number of hydrogen-bond donors (Lipinski definition) is 1. The maximum atomic E-state index is 10.5. The van der Waals surface area contributed by atoms with Crippen molar-refractivity contribution in [2.24, 2.45) is 0 Å². The third kappa shape index (κ3) is 2.71. The first-order valence-corrected chi connectivity index (χ1v) is 7.15. The lowest BCUT2D eigenvalue weighted by Crippen LogP contribution is -2.03. The maximum absolute atomic E-state index is 10.5. The number of nitrogens with zero attached hydrogens (tertiary/aromatic N) is 2. The summed E-state index contributed by atoms with van der Waals surface area (Å²) in [4.78, 5) is 8.59. The number of hydrogen-bond acceptors (Lipinski definition) is 3. The largest absolute Gasteiger partial charge is 0.388 e. The Morgan fingerprint density at radius 1 is 1.05 bits per heavy atom. The maximum Gasteiger partial charge on any atom is 0.0944 e. The molecule has 1 aromatic heterocycles. The molecule has 0 saturated carbocycles. The van der Waals surface area contributed by atoms with Crippen LogP contribution in [-0.2, 0) is 6.42 Å². The van der Waals surface area contributed by atoms with E-state index < -0.39 is 6.10 Å². The molecule has 1 heterocycles. The quantitative estimate of drug-likeness (QED) is 0.797. The first-order chi connectivity index (χ1) is 9.74. The van der Waals surface area contributed by atoms with Crippen LogP contribution in [0.4, 0.5) is 0 Å². The molecule has 0 aliphatic carbocycles. The van der Waals surface area contributed by atoms with Gasteiger partial charge in [-0.3, -0.25) is 9.97 Å². The highest BCUT2D eigenvalue weighted by Gasteiger charge is 2.13. The predicted molar refractivity (Wildman–Crippen MR) is 82.3 cm³/mol. The number of rotatable bonds is 3. The monoisotopic (exact) mass is 328 g/mol. The van der Waals surface area contributed by atoms with Crippen LogP contribution in [0.25, 0.3) is 11.0 Å². The number of benzene rings is 2. The van der Waals surface area contributed by atoms with E-state index in [0.717, 1.165) is 26.6 Å². The fourth-order valence-corrected chi connectivity index (χ4v) is 2.73. The van der Waals surface area contributed by atoms with Gasteiger partial charge >= 0.3 is 0 Å². The van der Waals surface area contributed by atoms with E-state index in [1.54, 1.807) is 12.4 Å². The van der Waals surface area contributed by atoms with Crippen LogP contribution in [0.1, 0.15) is 17.2 Å². The summed E-state index contributed by atoms with van der Waals surface area (Å²) in [7, 11) is 0. The van der Waals surface area contributed by atoms with Crippen LogP contribution in [-0.4, -0.2) is 15.1 Å². The number of aliphatic hydroxyl groups is 1. The van der Waals surface area contributed by atoms with E-state index in [0.29, 0.717) is 6.42 Å². The first kappa shape index (κ1) is 13.2. The molecule has 0 bridgehead atoms. The van der Waals surface area contributed by atoms with Gasteiger partial charge in [-0.05, 0) is 23.8 Å². The summed E-state index contributed by atoms with van der Waals surface area (Å²) >= 11 is 3.44. The average molecular weight is 329 g/mol. The van der Waals surface area contributed by atoms with Crippen LogP contribution in [0.15, 0.2) is 59.3 Å². The molecule has 3 aromatic rings. The molecule has 0 fully saturated rings. The van der Waals surface area contributed by atoms with Crippen molar-refractivity contribution >= 4 is 27.0 Å². The SMILES string of the molecule is OC(Cc1cccc(Br)c1)c1cccc2nccnc12. The molecule has 0 aliphatic heterocycles. The summed E-state index contributed by atoms with van der Waals surface area (Å²) in [5.74, 6) is 0. The molecule has 3 nitrogen and oxygen atoms in total. The van der Waals surface area contributed by atoms with E-state index in [4.69, 9.17) is 0 Å². The smallest absolute Gasteiger partial charge is 0.0944 e. The zero-order valence-electron chi connectivity index (χ0n) is 10.7. The summed E-state index contributed by atoms with van der Waals surface area (Å²) in [6.07, 6.45) is 3.27. The van der Waals surface area contributed by atoms with Crippen molar-refractivity contribution in [2.75, 3.05) is 0 Å². The lowest BCUT2D eigenvalue weighted by molar-refractivity contribution is 0.180. The van der Waals surface area contributed by atoms with Gasteiger partial charge in [-0.2, -0.15) is 0 Å². The summed E-state index contributed by atoms with van der Waals surface area (Å²) in [5, 5.41) is 10.5. The van der Waals surface area contributed by atoms with Crippen molar-refractivity contribution in [3.05, 3.63) is 70.5 Å². The standard InChI is InChI=1S/C16H13BrN2O/c17-12-4-1-3-11(9-12)10-15(20)13-5-2-6-14-16(13)19-8-7-18-14/h1-9,15,20H,10H2. The molecule has 1 N–H and O–H groups in total. The van der Waals surface area contributed by atoms with Crippen molar-refractivity contribution in [3.63, 3.8) is 0 Å². The molecular formula is C16H13BrN2O. The molecule has 1 unspecified atom stereocenters. The van der Waals surface area contributed by atoms with Gasteiger partial charge in [-0.15, -0.1) is 0 Å². The van der Waals surface area contributed by atoms with Gasteiger partial charge in [0.25, 0.3) is 0 Å². The van der Waals surface area contributed by atoms with Crippen LogP contribution >= 0.6 is 15.9 Å². The molecule has 20 heavy (non-hydrogen) atoms. The van der Waals surface area contributed by atoms with Crippen molar-refractivity contribution in [1.82, 2.24) is 9.97 Å². The zero-order chi connectivity index (χ0) is 13.9. The van der Waals surface area contributed by atoms with Crippen molar-refractivity contribution < 1.29 is 5.11 Å². The highest BCUT2D eigenvalue weighted by molar-refractivity contribution is 9.10. The van der Waals surface area contributed by atoms with Gasteiger partial charge in [0, 0.05) is 28.9 Å². The Balaban J connectivity index is 1.94. The molecule has 0 aliphatic rings. The van der Waals surface area contributed by atoms with E-state index in [9.17, 15) is 5.11 Å². The fourth-order valence-electron chi connectivity index (χ4n) is 2.28. The van der Waals surface area contributed by atoms with Gasteiger partial charge in [0.05, 0.1) is 17.1 Å². The second-order valence-electron chi connectivity index (χ2n) is 4.62. The summed E-state index contributed by atoms with van der Waals surface area (Å²) in [5.41, 5.74) is 3.46. The Kier molecular flexibility index (Phi) is 3.76. The van der Waals surface area contributed by atoms with Crippen molar-refractivity contribution in [1.29, 1.82) is 0 Å². The highest BCUT2D eigenvalue weighted by atomic mass is 79.9. The molecule has 100 valence electrons. The molecule has 0 radical (unpaired) electrons. The van der Waals surface area contributed by atoms with Gasteiger partial charge in [-0.25, -0.2) is 0 Å². The number of fused-ring (bicyclic) bond motifs is 1. The summed E-state index contributed by atoms with van der Waals surface area (Å²) in [6, 6.07) is 13.7. The van der Waals surface area contributed by atoms with Gasteiger partial charge in [-0.1, -0.05) is 40.2 Å². The molecule has 0 saturated heterocycles. The number of para-hydroxylation sites is 1. The third-order valence-corrected chi connectivity index (χ3v) is 3.70. The molecule has 0 spiro atoms. The van der Waals surface area contributed by atoms with E-state index in [1.165, 1.54) is 0 Å². The second-order valence-corrected chi connectivity index (χ2v) is 5.54. The van der Waals surface area contributed by atoms with Crippen LogP contribution in [0, 0.1) is 0 Å². The predicted octanol–water partition coefficient (Wildman–Crippen LogP) is 3.67. The lowest BCUT2D eigenvalue weighted by atomic mass is 10.00. The van der Waals surface area contributed by atoms with E-state index in [-0.39, 0.29) is 0 Å². The topological polar surface area (TPSA) is 46.0 Å². The minimum absolute atomic E-state index is 0.551. The minimum atomic E-state index is -0.593. The average Bonchev–Trinajstić information content (AvgIpc) is 2.46. The van der Waals surface area contributed by atoms with E-state index >= 15 is 0 Å². The van der Waals surface area contributed by atoms with Crippen LogP contribution in [0.5, 0.6) is 0 Å². The number of aromatic nitrogens is 2. The van der Waals surface area contributed by atoms with Gasteiger partial charge in [0.15, 0.2) is 0 Å². The molecular weight excluding hydrogens is 316 g/mol.